The first-order valence-electron chi connectivity index (χ1n) is 8.38. The molecule has 1 saturated heterocycles. The predicted octanol–water partition coefficient (Wildman–Crippen LogP) is 2.72. The minimum absolute atomic E-state index is 0.0287. The summed E-state index contributed by atoms with van der Waals surface area (Å²) in [6.07, 6.45) is -3.41. The van der Waals surface area contributed by atoms with Crippen LogP contribution in [0.2, 0.25) is 0 Å². The summed E-state index contributed by atoms with van der Waals surface area (Å²) in [4.78, 5) is 20.8. The number of hydrazine groups is 1. The average molecular weight is 397 g/mol. The second-order valence-corrected chi connectivity index (χ2v) is 6.28. The Hall–Kier alpha value is -2.99. The summed E-state index contributed by atoms with van der Waals surface area (Å²) in [5.74, 6) is -0.227. The maximum Gasteiger partial charge on any atom is 0.416 e. The van der Waals surface area contributed by atoms with Crippen molar-refractivity contribution in [1.82, 2.24) is 19.9 Å². The van der Waals surface area contributed by atoms with E-state index in [9.17, 15) is 23.3 Å². The Bertz CT molecular complexity index is 854. The maximum absolute atomic E-state index is 12.9. The molecular weight excluding hydrogens is 379 g/mol. The first-order chi connectivity index (χ1) is 13.2. The fourth-order valence-electron chi connectivity index (χ4n) is 2.70. The molecule has 0 radical (unpaired) electrons. The third kappa shape index (κ3) is 4.64. The molecule has 9 nitrogen and oxygen atoms in total. The van der Waals surface area contributed by atoms with Crippen molar-refractivity contribution >= 4 is 23.0 Å². The normalized spacial score (nSPS) is 16.0. The second-order valence-electron chi connectivity index (χ2n) is 6.28. The van der Waals surface area contributed by atoms with Gasteiger partial charge in [-0.25, -0.2) is 15.0 Å². The molecule has 0 aliphatic carbocycles. The fraction of sp³-hybridized carbons (Fsp3) is 0.375. The summed E-state index contributed by atoms with van der Waals surface area (Å²) in [5, 5.41) is 16.0. The molecule has 1 aromatic carbocycles. The van der Waals surface area contributed by atoms with Gasteiger partial charge in [-0.1, -0.05) is 6.07 Å². The number of hydrogen-bond donors (Lipinski definition) is 2. The third-order valence-electron chi connectivity index (χ3n) is 4.22. The summed E-state index contributed by atoms with van der Waals surface area (Å²) in [6.45, 7) is 2.82. The van der Waals surface area contributed by atoms with Crippen molar-refractivity contribution in [1.29, 1.82) is 0 Å². The Kier molecular flexibility index (Phi) is 5.61. The quantitative estimate of drug-likeness (QED) is 0.587. The van der Waals surface area contributed by atoms with Crippen molar-refractivity contribution in [2.45, 2.75) is 6.18 Å². The van der Waals surface area contributed by atoms with Gasteiger partial charge in [0, 0.05) is 31.9 Å². The molecule has 2 N–H and O–H groups in total. The zero-order valence-corrected chi connectivity index (χ0v) is 14.9. The minimum Gasteiger partial charge on any atom is -0.334 e. The van der Waals surface area contributed by atoms with Gasteiger partial charge < -0.3 is 10.2 Å². The van der Waals surface area contributed by atoms with Gasteiger partial charge in [0.25, 0.3) is 0 Å². The molecule has 1 fully saturated rings. The van der Waals surface area contributed by atoms with Gasteiger partial charge in [-0.15, -0.1) is 0 Å². The number of alkyl halides is 3. The van der Waals surface area contributed by atoms with E-state index in [-0.39, 0.29) is 17.3 Å². The van der Waals surface area contributed by atoms with Crippen LogP contribution in [0.3, 0.4) is 0 Å². The molecule has 1 aliphatic rings. The van der Waals surface area contributed by atoms with E-state index in [0.29, 0.717) is 13.1 Å². The second kappa shape index (κ2) is 7.94. The summed E-state index contributed by atoms with van der Waals surface area (Å²) < 4.78 is 38.7. The van der Waals surface area contributed by atoms with Crippen LogP contribution >= 0.6 is 0 Å². The molecule has 0 unspecified atom stereocenters. The Morgan fingerprint density at radius 3 is 2.46 bits per heavy atom. The van der Waals surface area contributed by atoms with E-state index in [1.165, 1.54) is 12.1 Å². The van der Waals surface area contributed by atoms with E-state index in [1.807, 2.05) is 7.05 Å². The lowest BCUT2D eigenvalue weighted by Crippen LogP contribution is -2.47. The van der Waals surface area contributed by atoms with Gasteiger partial charge in [0.15, 0.2) is 0 Å². The fourth-order valence-corrected chi connectivity index (χ4v) is 2.70. The highest BCUT2D eigenvalue weighted by molar-refractivity contribution is 5.73. The standard InChI is InChI=1S/C16H18F3N7O2/c1-24-5-7-25(8-6-24)23-15-13(26(27)28)14(20-10-21-15)22-12-4-2-3-11(9-12)16(17,18)19/h2-4,9-10H,5-8H2,1H3,(H2,20,21,22,23). The number of anilines is 3. The predicted molar refractivity (Wildman–Crippen MR) is 96.1 cm³/mol. The first kappa shape index (κ1) is 19.8. The van der Waals surface area contributed by atoms with E-state index in [4.69, 9.17) is 0 Å². The zero-order valence-electron chi connectivity index (χ0n) is 14.9. The molecule has 3 rings (SSSR count). The molecule has 1 aliphatic heterocycles. The zero-order chi connectivity index (χ0) is 20.3. The molecule has 1 aromatic heterocycles. The number of benzene rings is 1. The molecule has 150 valence electrons. The van der Waals surface area contributed by atoms with E-state index >= 15 is 0 Å². The first-order valence-corrected chi connectivity index (χ1v) is 8.38. The Morgan fingerprint density at radius 2 is 1.82 bits per heavy atom. The van der Waals surface area contributed by atoms with Gasteiger partial charge in [-0.3, -0.25) is 15.5 Å². The molecule has 0 saturated carbocycles. The molecule has 0 atom stereocenters. The maximum atomic E-state index is 12.9. The summed E-state index contributed by atoms with van der Waals surface area (Å²) >= 11 is 0. The van der Waals surface area contributed by atoms with Crippen LogP contribution in [0.15, 0.2) is 30.6 Å². The highest BCUT2D eigenvalue weighted by Crippen LogP contribution is 2.34. The lowest BCUT2D eigenvalue weighted by atomic mass is 10.2. The van der Waals surface area contributed by atoms with Gasteiger partial charge in [0.1, 0.15) is 6.33 Å². The monoisotopic (exact) mass is 397 g/mol. The Balaban J connectivity index is 1.86. The van der Waals surface area contributed by atoms with Crippen molar-refractivity contribution in [3.8, 4) is 0 Å². The highest BCUT2D eigenvalue weighted by atomic mass is 19.4. The van der Waals surface area contributed by atoms with Crippen LogP contribution < -0.4 is 10.7 Å². The highest BCUT2D eigenvalue weighted by Gasteiger charge is 2.31. The van der Waals surface area contributed by atoms with Crippen molar-refractivity contribution in [2.24, 2.45) is 0 Å². The van der Waals surface area contributed by atoms with Crippen LogP contribution in [0, 0.1) is 10.1 Å². The number of halogens is 3. The van der Waals surface area contributed by atoms with E-state index < -0.39 is 22.4 Å². The molecule has 2 aromatic rings. The van der Waals surface area contributed by atoms with Crippen LogP contribution in [0.4, 0.5) is 36.2 Å². The van der Waals surface area contributed by atoms with Crippen LogP contribution in [-0.2, 0) is 6.18 Å². The molecule has 2 heterocycles. The molecule has 0 amide bonds. The molecular formula is C16H18F3N7O2. The number of likely N-dealkylation sites (N-methyl/N-ethyl adjacent to an activating group) is 1. The van der Waals surface area contributed by atoms with Gasteiger partial charge in [-0.2, -0.15) is 13.2 Å². The lowest BCUT2D eigenvalue weighted by molar-refractivity contribution is -0.383. The van der Waals surface area contributed by atoms with Crippen molar-refractivity contribution in [2.75, 3.05) is 44.0 Å². The number of piperazine rings is 1. The summed E-state index contributed by atoms with van der Waals surface area (Å²) in [6, 6.07) is 4.36. The number of nitrogens with zero attached hydrogens (tertiary/aromatic N) is 5. The van der Waals surface area contributed by atoms with Gasteiger partial charge in [-0.05, 0) is 25.2 Å². The third-order valence-corrected chi connectivity index (χ3v) is 4.22. The Morgan fingerprint density at radius 1 is 1.14 bits per heavy atom. The lowest BCUT2D eigenvalue weighted by Gasteiger charge is -2.32. The molecule has 0 spiro atoms. The molecule has 0 bridgehead atoms. The largest absolute Gasteiger partial charge is 0.416 e. The van der Waals surface area contributed by atoms with Crippen LogP contribution in [-0.4, -0.2) is 58.0 Å². The van der Waals surface area contributed by atoms with E-state index in [1.54, 1.807) is 5.01 Å². The van der Waals surface area contributed by atoms with Crippen molar-refractivity contribution < 1.29 is 18.1 Å². The smallest absolute Gasteiger partial charge is 0.334 e. The summed E-state index contributed by atoms with van der Waals surface area (Å²) in [5.41, 5.74) is 1.62. The van der Waals surface area contributed by atoms with E-state index in [0.717, 1.165) is 31.5 Å². The van der Waals surface area contributed by atoms with Crippen LogP contribution in [0.25, 0.3) is 0 Å². The molecule has 12 heteroatoms. The number of nitrogens with one attached hydrogen (secondary N) is 2. The van der Waals surface area contributed by atoms with Crippen LogP contribution in [0.5, 0.6) is 0 Å². The molecule has 28 heavy (non-hydrogen) atoms. The van der Waals surface area contributed by atoms with E-state index in [2.05, 4.69) is 25.6 Å². The Labute approximate surface area is 158 Å². The average Bonchev–Trinajstić information content (AvgIpc) is 2.63. The van der Waals surface area contributed by atoms with Crippen molar-refractivity contribution in [3.63, 3.8) is 0 Å². The van der Waals surface area contributed by atoms with Gasteiger partial charge >= 0.3 is 11.9 Å². The summed E-state index contributed by atoms with van der Waals surface area (Å²) in [7, 11) is 1.97. The number of nitro groups is 1. The number of hydrogen-bond acceptors (Lipinski definition) is 8. The number of rotatable bonds is 5. The topological polar surface area (TPSA) is 99.5 Å². The SMILES string of the molecule is CN1CCN(Nc2ncnc(Nc3cccc(C(F)(F)F)c3)c2[N+](=O)[O-])CC1. The van der Waals surface area contributed by atoms with Gasteiger partial charge in [0.05, 0.1) is 10.5 Å². The van der Waals surface area contributed by atoms with Gasteiger partial charge in [0.2, 0.25) is 11.6 Å². The number of aromatic nitrogens is 2. The van der Waals surface area contributed by atoms with Crippen LogP contribution in [0.1, 0.15) is 5.56 Å². The minimum atomic E-state index is -4.52. The van der Waals surface area contributed by atoms with Crippen molar-refractivity contribution in [3.05, 3.63) is 46.3 Å².